The Morgan fingerprint density at radius 1 is 0.667 bits per heavy atom. The van der Waals surface area contributed by atoms with Crippen molar-refractivity contribution in [1.82, 2.24) is 0 Å². The molecule has 1 aromatic rings. The Balaban J connectivity index is 2.22. The highest BCUT2D eigenvalue weighted by molar-refractivity contribution is 5.74. The van der Waals surface area contributed by atoms with E-state index in [0.29, 0.717) is 19.6 Å². The second kappa shape index (κ2) is 21.2. The first-order valence-corrected chi connectivity index (χ1v) is 14.1. The fourth-order valence-electron chi connectivity index (χ4n) is 4.14. The monoisotopic (exact) mass is 460 g/mol. The molecule has 0 heterocycles. The fourth-order valence-corrected chi connectivity index (χ4v) is 4.14. The minimum Gasteiger partial charge on any atom is -0.464 e. The van der Waals surface area contributed by atoms with E-state index < -0.39 is 6.10 Å². The second-order valence-electron chi connectivity index (χ2n) is 9.56. The number of ether oxygens (including phenoxy) is 2. The van der Waals surface area contributed by atoms with Gasteiger partial charge < -0.3 is 9.47 Å². The van der Waals surface area contributed by atoms with Gasteiger partial charge in [0, 0.05) is 0 Å². The third-order valence-electron chi connectivity index (χ3n) is 6.35. The van der Waals surface area contributed by atoms with Crippen molar-refractivity contribution in [2.45, 2.75) is 143 Å². The summed E-state index contributed by atoms with van der Waals surface area (Å²) in [7, 11) is 0. The van der Waals surface area contributed by atoms with Crippen molar-refractivity contribution in [3.8, 4) is 0 Å². The predicted molar refractivity (Wildman–Crippen MR) is 141 cm³/mol. The molecule has 0 saturated heterocycles. The molecule has 0 fully saturated rings. The lowest BCUT2D eigenvalue weighted by molar-refractivity contribution is -0.158. The molecule has 3 nitrogen and oxygen atoms in total. The molecule has 0 aliphatic heterocycles. The molecule has 1 rings (SSSR count). The van der Waals surface area contributed by atoms with Crippen molar-refractivity contribution in [2.24, 2.45) is 0 Å². The number of benzene rings is 1. The van der Waals surface area contributed by atoms with Gasteiger partial charge in [0.05, 0.1) is 13.2 Å². The Morgan fingerprint density at radius 2 is 1.18 bits per heavy atom. The lowest BCUT2D eigenvalue weighted by atomic mass is 10.0. The van der Waals surface area contributed by atoms with Gasteiger partial charge in [-0.1, -0.05) is 129 Å². The molecule has 0 N–H and O–H groups in total. The zero-order valence-corrected chi connectivity index (χ0v) is 22.0. The maximum atomic E-state index is 12.5. The van der Waals surface area contributed by atoms with E-state index in [9.17, 15) is 4.79 Å². The van der Waals surface area contributed by atoms with Gasteiger partial charge in [0.1, 0.15) is 0 Å². The van der Waals surface area contributed by atoms with Crippen LogP contribution < -0.4 is 0 Å². The van der Waals surface area contributed by atoms with Crippen molar-refractivity contribution in [1.29, 1.82) is 0 Å². The standard InChI is InChI=1S/C30H52O3/c1-4-7-9-11-13-14-16-18-25-32-30(31)29(19-6-3)33-26-28-23-21-27(22-24-28)20-17-15-12-10-8-5-2/h21-24,29H,4-20,25-26H2,1-3H3. The van der Waals surface area contributed by atoms with Gasteiger partial charge in [-0.15, -0.1) is 0 Å². The molecule has 1 unspecified atom stereocenters. The van der Waals surface area contributed by atoms with Crippen LogP contribution >= 0.6 is 0 Å². The molecule has 1 aromatic carbocycles. The van der Waals surface area contributed by atoms with E-state index in [0.717, 1.165) is 31.2 Å². The molecular formula is C30H52O3. The van der Waals surface area contributed by atoms with E-state index in [1.165, 1.54) is 82.6 Å². The Kier molecular flexibility index (Phi) is 19.1. The summed E-state index contributed by atoms with van der Waals surface area (Å²) < 4.78 is 11.5. The Hall–Kier alpha value is -1.35. The van der Waals surface area contributed by atoms with E-state index in [-0.39, 0.29) is 5.97 Å². The zero-order valence-electron chi connectivity index (χ0n) is 22.0. The topological polar surface area (TPSA) is 35.5 Å². The summed E-state index contributed by atoms with van der Waals surface area (Å²) >= 11 is 0. The third kappa shape index (κ3) is 16.0. The van der Waals surface area contributed by atoms with Crippen LogP contribution in [0.2, 0.25) is 0 Å². The van der Waals surface area contributed by atoms with Crippen molar-refractivity contribution in [3.63, 3.8) is 0 Å². The van der Waals surface area contributed by atoms with E-state index in [1.54, 1.807) is 0 Å². The maximum absolute atomic E-state index is 12.5. The molecule has 0 spiro atoms. The quantitative estimate of drug-likeness (QED) is 0.128. The first kappa shape index (κ1) is 29.7. The van der Waals surface area contributed by atoms with Crippen LogP contribution in [0.1, 0.15) is 135 Å². The average molecular weight is 461 g/mol. The van der Waals surface area contributed by atoms with Gasteiger partial charge in [-0.05, 0) is 36.8 Å². The third-order valence-corrected chi connectivity index (χ3v) is 6.35. The van der Waals surface area contributed by atoms with E-state index in [4.69, 9.17) is 9.47 Å². The van der Waals surface area contributed by atoms with E-state index >= 15 is 0 Å². The van der Waals surface area contributed by atoms with Crippen LogP contribution in [0.3, 0.4) is 0 Å². The molecule has 0 aliphatic rings. The van der Waals surface area contributed by atoms with Crippen LogP contribution in [0.5, 0.6) is 0 Å². The molecule has 190 valence electrons. The summed E-state index contributed by atoms with van der Waals surface area (Å²) in [6.07, 6.45) is 20.3. The smallest absolute Gasteiger partial charge is 0.335 e. The molecular weight excluding hydrogens is 408 g/mol. The summed E-state index contributed by atoms with van der Waals surface area (Å²) in [5.41, 5.74) is 2.52. The number of aryl methyl sites for hydroxylation is 1. The van der Waals surface area contributed by atoms with Crippen molar-refractivity contribution >= 4 is 5.97 Å². The van der Waals surface area contributed by atoms with Gasteiger partial charge in [0.15, 0.2) is 6.10 Å². The number of carbonyl (C=O) groups excluding carboxylic acids is 1. The molecule has 0 amide bonds. The van der Waals surface area contributed by atoms with Gasteiger partial charge >= 0.3 is 5.97 Å². The summed E-state index contributed by atoms with van der Waals surface area (Å²) in [6, 6.07) is 8.70. The molecule has 0 aromatic heterocycles. The van der Waals surface area contributed by atoms with E-state index in [1.807, 2.05) is 0 Å². The predicted octanol–water partition coefficient (Wildman–Crippen LogP) is 8.96. The highest BCUT2D eigenvalue weighted by Crippen LogP contribution is 2.14. The number of hydrogen-bond acceptors (Lipinski definition) is 3. The second-order valence-corrected chi connectivity index (χ2v) is 9.56. The molecule has 1 atom stereocenters. The highest BCUT2D eigenvalue weighted by Gasteiger charge is 2.19. The fraction of sp³-hybridized carbons (Fsp3) is 0.767. The number of rotatable bonds is 22. The zero-order chi connectivity index (χ0) is 24.0. The Bertz CT molecular complexity index is 566. The first-order valence-electron chi connectivity index (χ1n) is 14.1. The van der Waals surface area contributed by atoms with Crippen LogP contribution in [0.25, 0.3) is 0 Å². The van der Waals surface area contributed by atoms with Crippen molar-refractivity contribution in [2.75, 3.05) is 6.61 Å². The molecule has 0 radical (unpaired) electrons. The van der Waals surface area contributed by atoms with Gasteiger partial charge in [0.2, 0.25) is 0 Å². The van der Waals surface area contributed by atoms with Gasteiger partial charge in [-0.2, -0.15) is 0 Å². The number of esters is 1. The summed E-state index contributed by atoms with van der Waals surface area (Å²) in [4.78, 5) is 12.5. The lowest BCUT2D eigenvalue weighted by Gasteiger charge is -2.16. The van der Waals surface area contributed by atoms with E-state index in [2.05, 4.69) is 45.0 Å². The Labute approximate surface area is 205 Å². The highest BCUT2D eigenvalue weighted by atomic mass is 16.6. The lowest BCUT2D eigenvalue weighted by Crippen LogP contribution is -2.26. The van der Waals surface area contributed by atoms with Crippen molar-refractivity contribution in [3.05, 3.63) is 35.4 Å². The summed E-state index contributed by atoms with van der Waals surface area (Å²) in [5.74, 6) is -0.195. The van der Waals surface area contributed by atoms with Crippen LogP contribution in [-0.4, -0.2) is 18.7 Å². The van der Waals surface area contributed by atoms with Crippen LogP contribution in [0, 0.1) is 0 Å². The normalized spacial score (nSPS) is 12.1. The first-order chi connectivity index (χ1) is 16.2. The van der Waals surface area contributed by atoms with Crippen molar-refractivity contribution < 1.29 is 14.3 Å². The van der Waals surface area contributed by atoms with Crippen LogP contribution in [-0.2, 0) is 27.3 Å². The largest absolute Gasteiger partial charge is 0.464 e. The minimum absolute atomic E-state index is 0.195. The molecule has 0 bridgehead atoms. The number of carbonyl (C=O) groups is 1. The number of unbranched alkanes of at least 4 members (excludes halogenated alkanes) is 12. The molecule has 33 heavy (non-hydrogen) atoms. The minimum atomic E-state index is -0.452. The SMILES string of the molecule is CCCCCCCCCCOC(=O)C(CCC)OCc1ccc(CCCCCCCC)cc1. The molecule has 3 heteroatoms. The summed E-state index contributed by atoms with van der Waals surface area (Å²) in [6.45, 7) is 7.58. The van der Waals surface area contributed by atoms with Gasteiger partial charge in [-0.25, -0.2) is 4.79 Å². The molecule has 0 aliphatic carbocycles. The summed E-state index contributed by atoms with van der Waals surface area (Å²) in [5, 5.41) is 0. The average Bonchev–Trinajstić information content (AvgIpc) is 2.83. The van der Waals surface area contributed by atoms with Crippen LogP contribution in [0.4, 0.5) is 0 Å². The molecule has 0 saturated carbocycles. The van der Waals surface area contributed by atoms with Gasteiger partial charge in [0.25, 0.3) is 0 Å². The Morgan fingerprint density at radius 3 is 1.76 bits per heavy atom. The van der Waals surface area contributed by atoms with Crippen LogP contribution in [0.15, 0.2) is 24.3 Å². The maximum Gasteiger partial charge on any atom is 0.335 e. The van der Waals surface area contributed by atoms with Gasteiger partial charge in [-0.3, -0.25) is 0 Å². The number of hydrogen-bond donors (Lipinski definition) is 0.